The zero-order valence-electron chi connectivity index (χ0n) is 14.5. The van der Waals surface area contributed by atoms with Gasteiger partial charge in [-0.3, -0.25) is 0 Å². The first-order chi connectivity index (χ1) is 12.1. The monoisotopic (exact) mass is 336 g/mol. The Balaban J connectivity index is 1.55. The average Bonchev–Trinajstić information content (AvgIpc) is 3.20. The molecular formula is C19H24N6. The maximum absolute atomic E-state index is 5.87. The number of hydrogen-bond donors (Lipinski definition) is 2. The fourth-order valence-electron chi connectivity index (χ4n) is 3.57. The SMILES string of the molecule is C[C@@H]1CCCN1CCc1cn2cc(-c3cnc(N)c(N)c3)ccc2n1. The van der Waals surface area contributed by atoms with Crippen LogP contribution in [0.25, 0.3) is 16.8 Å². The van der Waals surface area contributed by atoms with Gasteiger partial charge in [-0.1, -0.05) is 0 Å². The third kappa shape index (κ3) is 3.17. The molecule has 0 saturated carbocycles. The van der Waals surface area contributed by atoms with E-state index >= 15 is 0 Å². The molecule has 25 heavy (non-hydrogen) atoms. The summed E-state index contributed by atoms with van der Waals surface area (Å²) in [6.45, 7) is 4.61. The third-order valence-corrected chi connectivity index (χ3v) is 5.13. The van der Waals surface area contributed by atoms with E-state index in [2.05, 4.69) is 33.6 Å². The Labute approximate surface area is 147 Å². The molecule has 130 valence electrons. The predicted molar refractivity (Wildman–Crippen MR) is 101 cm³/mol. The topological polar surface area (TPSA) is 85.5 Å². The molecule has 0 aromatic carbocycles. The summed E-state index contributed by atoms with van der Waals surface area (Å²) in [5.41, 5.74) is 16.2. The first kappa shape index (κ1) is 15.9. The Morgan fingerprint density at radius 3 is 2.84 bits per heavy atom. The number of nitrogens with two attached hydrogens (primary N) is 2. The predicted octanol–water partition coefficient (Wildman–Crippen LogP) is 2.59. The summed E-state index contributed by atoms with van der Waals surface area (Å²) >= 11 is 0. The van der Waals surface area contributed by atoms with Crippen molar-refractivity contribution in [2.75, 3.05) is 24.6 Å². The number of fused-ring (bicyclic) bond motifs is 1. The van der Waals surface area contributed by atoms with Gasteiger partial charge < -0.3 is 20.8 Å². The van der Waals surface area contributed by atoms with Crippen LogP contribution in [0.3, 0.4) is 0 Å². The minimum absolute atomic E-state index is 0.367. The quantitative estimate of drug-likeness (QED) is 0.765. The van der Waals surface area contributed by atoms with Gasteiger partial charge in [-0.05, 0) is 44.5 Å². The van der Waals surface area contributed by atoms with E-state index in [1.165, 1.54) is 19.4 Å². The first-order valence-corrected chi connectivity index (χ1v) is 8.83. The highest BCUT2D eigenvalue weighted by atomic mass is 15.2. The number of nitrogens with zero attached hydrogens (tertiary/aromatic N) is 4. The molecule has 6 heteroatoms. The van der Waals surface area contributed by atoms with Crippen LogP contribution in [0, 0.1) is 0 Å². The third-order valence-electron chi connectivity index (χ3n) is 5.13. The van der Waals surface area contributed by atoms with E-state index in [1.807, 2.05) is 18.2 Å². The summed E-state index contributed by atoms with van der Waals surface area (Å²) in [5, 5.41) is 0. The molecule has 4 N–H and O–H groups in total. The van der Waals surface area contributed by atoms with Gasteiger partial charge in [0.15, 0.2) is 0 Å². The lowest BCUT2D eigenvalue weighted by molar-refractivity contribution is 0.271. The van der Waals surface area contributed by atoms with Gasteiger partial charge in [0.25, 0.3) is 0 Å². The molecule has 0 aliphatic carbocycles. The van der Waals surface area contributed by atoms with E-state index < -0.39 is 0 Å². The number of hydrogen-bond acceptors (Lipinski definition) is 5. The lowest BCUT2D eigenvalue weighted by Crippen LogP contribution is -2.29. The van der Waals surface area contributed by atoms with Crippen molar-refractivity contribution in [3.05, 3.63) is 42.5 Å². The summed E-state index contributed by atoms with van der Waals surface area (Å²) in [6, 6.07) is 6.63. The van der Waals surface area contributed by atoms with Crippen molar-refractivity contribution in [1.82, 2.24) is 19.3 Å². The summed E-state index contributed by atoms with van der Waals surface area (Å²) in [4.78, 5) is 11.4. The summed E-state index contributed by atoms with van der Waals surface area (Å²) in [7, 11) is 0. The highest BCUT2D eigenvalue weighted by Crippen LogP contribution is 2.24. The molecule has 6 nitrogen and oxygen atoms in total. The number of rotatable bonds is 4. The Hall–Kier alpha value is -2.60. The molecule has 4 heterocycles. The van der Waals surface area contributed by atoms with Gasteiger partial charge >= 0.3 is 0 Å². The standard InChI is InChI=1S/C19H24N6/c1-13-3-2-7-24(13)8-6-16-12-25-11-14(4-5-18(25)23-16)15-9-17(20)19(21)22-10-15/h4-5,9-13H,2-3,6-8,20H2,1H3,(H2,21,22)/t13-/m1/s1. The van der Waals surface area contributed by atoms with Crippen molar-refractivity contribution in [2.45, 2.75) is 32.2 Å². The molecule has 4 rings (SSSR count). The van der Waals surface area contributed by atoms with E-state index in [0.29, 0.717) is 17.5 Å². The molecule has 0 spiro atoms. The number of likely N-dealkylation sites (tertiary alicyclic amines) is 1. The Morgan fingerprint density at radius 2 is 2.08 bits per heavy atom. The molecule has 1 aliphatic rings. The van der Waals surface area contributed by atoms with Gasteiger partial charge in [0, 0.05) is 48.7 Å². The molecule has 1 saturated heterocycles. The van der Waals surface area contributed by atoms with Crippen LogP contribution in [-0.2, 0) is 6.42 Å². The van der Waals surface area contributed by atoms with Crippen molar-refractivity contribution < 1.29 is 0 Å². The lowest BCUT2D eigenvalue weighted by Gasteiger charge is -2.19. The second kappa shape index (κ2) is 6.37. The fraction of sp³-hybridized carbons (Fsp3) is 0.368. The minimum atomic E-state index is 0.367. The van der Waals surface area contributed by atoms with Crippen LogP contribution in [-0.4, -0.2) is 38.4 Å². The smallest absolute Gasteiger partial charge is 0.146 e. The molecule has 0 amide bonds. The summed E-state index contributed by atoms with van der Waals surface area (Å²) in [5.74, 6) is 0.367. The molecule has 1 fully saturated rings. The maximum Gasteiger partial charge on any atom is 0.146 e. The molecule has 0 radical (unpaired) electrons. The second-order valence-electron chi connectivity index (χ2n) is 6.89. The van der Waals surface area contributed by atoms with Crippen LogP contribution < -0.4 is 11.5 Å². The average molecular weight is 336 g/mol. The molecular weight excluding hydrogens is 312 g/mol. The highest BCUT2D eigenvalue weighted by Gasteiger charge is 2.19. The summed E-state index contributed by atoms with van der Waals surface area (Å²) in [6.07, 6.45) is 9.55. The maximum atomic E-state index is 5.87. The van der Waals surface area contributed by atoms with Crippen molar-refractivity contribution in [1.29, 1.82) is 0 Å². The Kier molecular flexibility index (Phi) is 4.05. The van der Waals surface area contributed by atoms with Crippen molar-refractivity contribution in [3.8, 4) is 11.1 Å². The van der Waals surface area contributed by atoms with Crippen LogP contribution in [0.2, 0.25) is 0 Å². The number of anilines is 2. The van der Waals surface area contributed by atoms with Gasteiger partial charge in [-0.25, -0.2) is 9.97 Å². The van der Waals surface area contributed by atoms with Gasteiger partial charge in [0.1, 0.15) is 11.5 Å². The molecule has 0 bridgehead atoms. The largest absolute Gasteiger partial charge is 0.396 e. The summed E-state index contributed by atoms with van der Waals surface area (Å²) < 4.78 is 2.07. The van der Waals surface area contributed by atoms with Gasteiger partial charge in [-0.2, -0.15) is 0 Å². The van der Waals surface area contributed by atoms with Crippen molar-refractivity contribution >= 4 is 17.2 Å². The zero-order chi connectivity index (χ0) is 17.4. The number of pyridine rings is 2. The van der Waals surface area contributed by atoms with Crippen LogP contribution >= 0.6 is 0 Å². The second-order valence-corrected chi connectivity index (χ2v) is 6.89. The van der Waals surface area contributed by atoms with Gasteiger partial charge in [0.2, 0.25) is 0 Å². The molecule has 3 aromatic rings. The van der Waals surface area contributed by atoms with Crippen molar-refractivity contribution in [3.63, 3.8) is 0 Å². The van der Waals surface area contributed by atoms with Gasteiger partial charge in [0.05, 0.1) is 11.4 Å². The van der Waals surface area contributed by atoms with E-state index in [0.717, 1.165) is 35.4 Å². The Bertz CT molecular complexity index is 900. The Morgan fingerprint density at radius 1 is 1.20 bits per heavy atom. The molecule has 3 aromatic heterocycles. The highest BCUT2D eigenvalue weighted by molar-refractivity contribution is 5.71. The van der Waals surface area contributed by atoms with E-state index in [-0.39, 0.29) is 0 Å². The zero-order valence-corrected chi connectivity index (χ0v) is 14.5. The normalized spacial score (nSPS) is 18.2. The number of imidazole rings is 1. The molecule has 0 unspecified atom stereocenters. The lowest BCUT2D eigenvalue weighted by atomic mass is 10.1. The van der Waals surface area contributed by atoms with Crippen molar-refractivity contribution in [2.24, 2.45) is 0 Å². The van der Waals surface area contributed by atoms with E-state index in [4.69, 9.17) is 16.5 Å². The van der Waals surface area contributed by atoms with E-state index in [9.17, 15) is 0 Å². The first-order valence-electron chi connectivity index (χ1n) is 8.83. The van der Waals surface area contributed by atoms with Crippen LogP contribution in [0.15, 0.2) is 36.8 Å². The molecule has 1 atom stereocenters. The number of nitrogen functional groups attached to an aromatic ring is 2. The minimum Gasteiger partial charge on any atom is -0.396 e. The van der Waals surface area contributed by atoms with Gasteiger partial charge in [-0.15, -0.1) is 0 Å². The van der Waals surface area contributed by atoms with Crippen LogP contribution in [0.1, 0.15) is 25.5 Å². The van der Waals surface area contributed by atoms with Crippen LogP contribution in [0.5, 0.6) is 0 Å². The number of aromatic nitrogens is 3. The van der Waals surface area contributed by atoms with E-state index in [1.54, 1.807) is 6.20 Å². The fourth-order valence-corrected chi connectivity index (χ4v) is 3.57. The van der Waals surface area contributed by atoms with Crippen LogP contribution in [0.4, 0.5) is 11.5 Å². The molecule has 1 aliphatic heterocycles.